The molecule has 0 radical (unpaired) electrons. The van der Waals surface area contributed by atoms with Crippen LogP contribution in [0.5, 0.6) is 0 Å². The molecule has 3 heterocycles. The maximum atomic E-state index is 13.9. The molecule has 6 saturated carbocycles. The number of aliphatic hydroxyl groups is 2. The molecule has 13 nitrogen and oxygen atoms in total. The van der Waals surface area contributed by atoms with Gasteiger partial charge in [0.1, 0.15) is 24.4 Å². The molecule has 3 aliphatic heterocycles. The van der Waals surface area contributed by atoms with Crippen molar-refractivity contribution in [3.05, 3.63) is 0 Å². The summed E-state index contributed by atoms with van der Waals surface area (Å²) in [5.74, 6) is -7.76. The van der Waals surface area contributed by atoms with Crippen LogP contribution in [-0.4, -0.2) is 94.2 Å². The number of nitrogens with two attached hydrogens (primary N) is 1. The van der Waals surface area contributed by atoms with E-state index in [0.29, 0.717) is 25.7 Å². The van der Waals surface area contributed by atoms with Gasteiger partial charge in [0.2, 0.25) is 5.79 Å². The molecule has 13 heteroatoms. The van der Waals surface area contributed by atoms with Crippen molar-refractivity contribution in [3.8, 4) is 0 Å². The van der Waals surface area contributed by atoms with Gasteiger partial charge in [-0.25, -0.2) is 4.79 Å². The van der Waals surface area contributed by atoms with Crippen molar-refractivity contribution in [3.63, 3.8) is 0 Å². The molecule has 0 aromatic carbocycles. The van der Waals surface area contributed by atoms with Crippen LogP contribution in [0.25, 0.3) is 0 Å². The lowest BCUT2D eigenvalue weighted by molar-refractivity contribution is -0.271. The average molecular weight is 688 g/mol. The number of carbonyl (C=O) groups is 4. The summed E-state index contributed by atoms with van der Waals surface area (Å²) in [5.41, 5.74) is 1.87. The van der Waals surface area contributed by atoms with E-state index in [1.54, 1.807) is 6.92 Å². The Balaban J connectivity index is 1.30. The predicted molar refractivity (Wildman–Crippen MR) is 164 cm³/mol. The molecule has 0 aromatic rings. The Morgan fingerprint density at radius 3 is 2.22 bits per heavy atom. The smallest absolute Gasteiger partial charge is 0.341 e. The van der Waals surface area contributed by atoms with Crippen molar-refractivity contribution in [2.24, 2.45) is 69.3 Å². The van der Waals surface area contributed by atoms with Crippen LogP contribution in [-0.2, 0) is 47.6 Å². The SMILES string of the molecule is CC(=O)O[C@H]1C2C([C@@H](O)[C@@H](N)[C@H]3C[C@@H]4O[C@@H]4C[C@]23C)[C@@H]2[C@@H](OC(=O)C3CC3)[C@@H]3[C@H]([C@H](C)[C@H]4O[C@]45OC(=O)[C@@](C)(O)[C@]35C)[C@@]2(C)[C@H]1OC(C)=O. The van der Waals surface area contributed by atoms with E-state index in [1.807, 2.05) is 13.8 Å². The maximum Gasteiger partial charge on any atom is 0.341 e. The Morgan fingerprint density at radius 1 is 0.918 bits per heavy atom. The Labute approximate surface area is 285 Å². The fourth-order valence-electron chi connectivity index (χ4n) is 13.5. The van der Waals surface area contributed by atoms with Crippen LogP contribution < -0.4 is 5.73 Å². The number of aliphatic hydroxyl groups excluding tert-OH is 1. The molecule has 0 amide bonds. The normalized spacial score (nSPS) is 60.1. The second-order valence-corrected chi connectivity index (χ2v) is 17.9. The number of fused-ring (bicyclic) bond motifs is 9. The number of ether oxygens (including phenoxy) is 6. The largest absolute Gasteiger partial charge is 0.461 e. The van der Waals surface area contributed by atoms with E-state index >= 15 is 0 Å². The van der Waals surface area contributed by atoms with E-state index in [1.165, 1.54) is 20.8 Å². The summed E-state index contributed by atoms with van der Waals surface area (Å²) in [7, 11) is 0. The van der Waals surface area contributed by atoms with Crippen molar-refractivity contribution in [2.45, 2.75) is 134 Å². The number of hydrogen-bond acceptors (Lipinski definition) is 13. The fraction of sp³-hybridized carbons (Fsp3) is 0.889. The highest BCUT2D eigenvalue weighted by Gasteiger charge is 2.93. The van der Waals surface area contributed by atoms with Crippen molar-refractivity contribution >= 4 is 23.9 Å². The molecule has 9 rings (SSSR count). The van der Waals surface area contributed by atoms with E-state index in [-0.39, 0.29) is 35.9 Å². The summed E-state index contributed by atoms with van der Waals surface area (Å²) in [6, 6.07) is -0.665. The minimum atomic E-state index is -2.04. The summed E-state index contributed by atoms with van der Waals surface area (Å²) in [6.07, 6.45) is -2.00. The Bertz CT molecular complexity index is 1550. The highest BCUT2D eigenvalue weighted by molar-refractivity contribution is 5.84. The molecule has 0 bridgehead atoms. The first-order valence-corrected chi connectivity index (χ1v) is 18.1. The third kappa shape index (κ3) is 3.69. The van der Waals surface area contributed by atoms with Gasteiger partial charge >= 0.3 is 23.9 Å². The Morgan fingerprint density at radius 2 is 1.59 bits per heavy atom. The van der Waals surface area contributed by atoms with Crippen molar-refractivity contribution in [1.29, 1.82) is 0 Å². The van der Waals surface area contributed by atoms with Crippen LogP contribution in [0.15, 0.2) is 0 Å². The first-order chi connectivity index (χ1) is 22.9. The molecular weight excluding hydrogens is 638 g/mol. The van der Waals surface area contributed by atoms with Gasteiger partial charge in [-0.2, -0.15) is 0 Å². The van der Waals surface area contributed by atoms with Crippen LogP contribution >= 0.6 is 0 Å². The molecule has 1 spiro atoms. The quantitative estimate of drug-likeness (QED) is 0.217. The summed E-state index contributed by atoms with van der Waals surface area (Å²) < 4.78 is 37.6. The van der Waals surface area contributed by atoms with Crippen LogP contribution in [0.2, 0.25) is 0 Å². The zero-order chi connectivity index (χ0) is 35.1. The lowest BCUT2D eigenvalue weighted by Gasteiger charge is -2.66. The van der Waals surface area contributed by atoms with Crippen molar-refractivity contribution < 1.29 is 57.8 Å². The molecule has 4 N–H and O–H groups in total. The van der Waals surface area contributed by atoms with Gasteiger partial charge in [-0.1, -0.05) is 20.8 Å². The van der Waals surface area contributed by atoms with Gasteiger partial charge in [0.05, 0.1) is 29.6 Å². The van der Waals surface area contributed by atoms with Gasteiger partial charge < -0.3 is 44.4 Å². The van der Waals surface area contributed by atoms with Gasteiger partial charge in [-0.3, -0.25) is 14.4 Å². The first-order valence-electron chi connectivity index (χ1n) is 18.1. The molecule has 9 fully saturated rings. The number of hydrogen-bond donors (Lipinski definition) is 3. The zero-order valence-corrected chi connectivity index (χ0v) is 29.1. The molecule has 3 saturated heterocycles. The van der Waals surface area contributed by atoms with E-state index in [0.717, 1.165) is 0 Å². The highest BCUT2D eigenvalue weighted by Crippen LogP contribution is 2.81. The van der Waals surface area contributed by atoms with E-state index in [4.69, 9.17) is 34.2 Å². The Hall–Kier alpha value is -2.32. The topological polar surface area (TPSA) is 197 Å². The molecule has 270 valence electrons. The van der Waals surface area contributed by atoms with E-state index in [2.05, 4.69) is 6.92 Å². The molecular formula is C36H49NO12. The third-order valence-electron chi connectivity index (χ3n) is 15.8. The van der Waals surface area contributed by atoms with Gasteiger partial charge in [0.15, 0.2) is 5.60 Å². The number of esters is 4. The monoisotopic (exact) mass is 687 g/mol. The van der Waals surface area contributed by atoms with Crippen LogP contribution in [0.1, 0.15) is 74.1 Å². The Kier molecular flexibility index (Phi) is 6.35. The third-order valence-corrected chi connectivity index (χ3v) is 15.8. The summed E-state index contributed by atoms with van der Waals surface area (Å²) in [4.78, 5) is 53.6. The van der Waals surface area contributed by atoms with Crippen LogP contribution in [0, 0.1) is 63.6 Å². The van der Waals surface area contributed by atoms with Crippen LogP contribution in [0.3, 0.4) is 0 Å². The number of rotatable bonds is 4. The fourth-order valence-corrected chi connectivity index (χ4v) is 13.5. The van der Waals surface area contributed by atoms with Crippen LogP contribution in [0.4, 0.5) is 0 Å². The molecule has 49 heavy (non-hydrogen) atoms. The van der Waals surface area contributed by atoms with Gasteiger partial charge in [0.25, 0.3) is 0 Å². The number of epoxide rings is 2. The average Bonchev–Trinajstić information content (AvgIpc) is 3.90. The number of carbonyl (C=O) groups excluding carboxylic acids is 4. The summed E-state index contributed by atoms with van der Waals surface area (Å²) in [6.45, 7) is 11.9. The molecule has 20 atom stereocenters. The van der Waals surface area contributed by atoms with Gasteiger partial charge in [0, 0.05) is 49.0 Å². The van der Waals surface area contributed by atoms with Crippen molar-refractivity contribution in [1.82, 2.24) is 0 Å². The highest BCUT2D eigenvalue weighted by atomic mass is 16.8. The first kappa shape index (κ1) is 32.6. The molecule has 2 unspecified atom stereocenters. The lowest BCUT2D eigenvalue weighted by atomic mass is 9.41. The molecule has 6 aliphatic carbocycles. The van der Waals surface area contributed by atoms with E-state index in [9.17, 15) is 29.4 Å². The van der Waals surface area contributed by atoms with Gasteiger partial charge in [-0.05, 0) is 62.7 Å². The predicted octanol–water partition coefficient (Wildman–Crippen LogP) is 1.23. The standard InChI is InChI=1S/C36H49NO12/c1-12-20-23(34(6)35(7,43)31(42)49-36(34)28(12)48-36)26(47-30(41)15-8-9-15)22-19-21(27(44-13(2)38)29(33(20,22)5)45-14(3)39)32(4)11-18-17(46-18)10-16(32)24(37)25(19)40/h12,15-29,40,43H,8-11,37H2,1-7H3/t12-,16+,17-,18+,19?,20-,21?,22+,23-,24-,25+,26+,27-,28+,29-,32-,33+,34-,35+,36-/m0/s1. The lowest BCUT2D eigenvalue weighted by Crippen LogP contribution is -2.74. The minimum absolute atomic E-state index is 0.00254. The second kappa shape index (κ2) is 9.56. The zero-order valence-electron chi connectivity index (χ0n) is 29.1. The van der Waals surface area contributed by atoms with Crippen molar-refractivity contribution in [2.75, 3.05) is 0 Å². The van der Waals surface area contributed by atoms with Gasteiger partial charge in [-0.15, -0.1) is 0 Å². The molecule has 9 aliphatic rings. The minimum Gasteiger partial charge on any atom is -0.461 e. The summed E-state index contributed by atoms with van der Waals surface area (Å²) in [5, 5.41) is 24.7. The summed E-state index contributed by atoms with van der Waals surface area (Å²) >= 11 is 0. The second-order valence-electron chi connectivity index (χ2n) is 17.9. The maximum absolute atomic E-state index is 13.9. The molecule has 0 aromatic heterocycles. The van der Waals surface area contributed by atoms with E-state index < -0.39 is 112 Å².